The number of nitrogens with zero attached hydrogens (tertiary/aromatic N) is 3. The van der Waals surface area contributed by atoms with Gasteiger partial charge in [-0.05, 0) is 57.5 Å². The minimum Gasteiger partial charge on any atom is -0.324 e. The molecular formula is C21H28N4O2. The summed E-state index contributed by atoms with van der Waals surface area (Å²) >= 11 is 0. The summed E-state index contributed by atoms with van der Waals surface area (Å²) in [5, 5.41) is 8.63. The molecule has 2 N–H and O–H groups in total. The van der Waals surface area contributed by atoms with Crippen molar-refractivity contribution in [2.75, 3.05) is 19.6 Å². The molecule has 1 unspecified atom stereocenters. The number of rotatable bonds is 5. The number of imidazole rings is 1. The van der Waals surface area contributed by atoms with E-state index in [2.05, 4.69) is 36.3 Å². The molecule has 1 aliphatic rings. The van der Waals surface area contributed by atoms with Crippen LogP contribution >= 0.6 is 0 Å². The number of aromatic nitrogens is 2. The molecule has 1 atom stereocenters. The van der Waals surface area contributed by atoms with Gasteiger partial charge in [-0.15, -0.1) is 0 Å². The fourth-order valence-electron chi connectivity index (χ4n) is 3.80. The van der Waals surface area contributed by atoms with Gasteiger partial charge in [0.2, 0.25) is 0 Å². The number of amides is 1. The van der Waals surface area contributed by atoms with Crippen LogP contribution in [0.1, 0.15) is 42.8 Å². The summed E-state index contributed by atoms with van der Waals surface area (Å²) in [5.74, 6) is 0.435. The number of hydrogen-bond acceptors (Lipinski definition) is 4. The second kappa shape index (κ2) is 8.50. The largest absolute Gasteiger partial charge is 0.324 e. The second-order valence-corrected chi connectivity index (χ2v) is 7.10. The Morgan fingerprint density at radius 3 is 2.96 bits per heavy atom. The highest BCUT2D eigenvalue weighted by atomic mass is 16.5. The van der Waals surface area contributed by atoms with Crippen LogP contribution < -0.4 is 5.48 Å². The van der Waals surface area contributed by atoms with Crippen molar-refractivity contribution in [2.24, 2.45) is 0 Å². The first-order chi connectivity index (χ1) is 13.0. The lowest BCUT2D eigenvalue weighted by atomic mass is 10.0. The zero-order chi connectivity index (χ0) is 19.4. The van der Waals surface area contributed by atoms with Crippen LogP contribution in [0.3, 0.4) is 0 Å². The first-order valence-electron chi connectivity index (χ1n) is 9.53. The number of likely N-dealkylation sites (tertiary alicyclic amines) is 1. The highest BCUT2D eigenvalue weighted by Crippen LogP contribution is 2.31. The van der Waals surface area contributed by atoms with E-state index in [-0.39, 0.29) is 0 Å². The third-order valence-electron chi connectivity index (χ3n) is 5.36. The lowest BCUT2D eigenvalue weighted by molar-refractivity contribution is -0.124. The van der Waals surface area contributed by atoms with Crippen LogP contribution in [-0.2, 0) is 4.79 Å². The molecule has 1 fully saturated rings. The van der Waals surface area contributed by atoms with Crippen LogP contribution in [-0.4, -0.2) is 45.2 Å². The van der Waals surface area contributed by atoms with E-state index >= 15 is 0 Å². The Hall–Kier alpha value is -2.44. The highest BCUT2D eigenvalue weighted by Gasteiger charge is 2.25. The Bertz CT molecular complexity index is 841. The van der Waals surface area contributed by atoms with E-state index in [1.165, 1.54) is 24.7 Å². The van der Waals surface area contributed by atoms with Gasteiger partial charge in [-0.3, -0.25) is 10.0 Å². The van der Waals surface area contributed by atoms with Crippen LogP contribution in [0.25, 0.3) is 17.5 Å². The number of carbonyl (C=O) groups excluding carboxylic acids is 1. The van der Waals surface area contributed by atoms with Crippen LogP contribution in [0, 0.1) is 13.8 Å². The van der Waals surface area contributed by atoms with Gasteiger partial charge in [-0.1, -0.05) is 25.1 Å². The third kappa shape index (κ3) is 4.28. The fourth-order valence-corrected chi connectivity index (χ4v) is 3.80. The summed E-state index contributed by atoms with van der Waals surface area (Å²) in [6.45, 7) is 9.72. The predicted molar refractivity (Wildman–Crippen MR) is 106 cm³/mol. The smallest absolute Gasteiger partial charge is 0.267 e. The zero-order valence-electron chi connectivity index (χ0n) is 16.3. The maximum absolute atomic E-state index is 11.2. The van der Waals surface area contributed by atoms with Gasteiger partial charge in [0.25, 0.3) is 5.91 Å². The van der Waals surface area contributed by atoms with Crippen molar-refractivity contribution in [3.8, 4) is 11.4 Å². The summed E-state index contributed by atoms with van der Waals surface area (Å²) in [7, 11) is 0. The molecule has 0 aliphatic carbocycles. The van der Waals surface area contributed by atoms with Gasteiger partial charge in [-0.2, -0.15) is 0 Å². The van der Waals surface area contributed by atoms with Crippen LogP contribution in [0.5, 0.6) is 0 Å². The minimum atomic E-state index is -0.546. The minimum absolute atomic E-state index is 0.425. The Morgan fingerprint density at radius 1 is 1.41 bits per heavy atom. The Morgan fingerprint density at radius 2 is 2.22 bits per heavy atom. The summed E-state index contributed by atoms with van der Waals surface area (Å²) < 4.78 is 2.39. The molecule has 0 bridgehead atoms. The van der Waals surface area contributed by atoms with Crippen LogP contribution in [0.4, 0.5) is 0 Å². The van der Waals surface area contributed by atoms with Gasteiger partial charge in [0.15, 0.2) is 0 Å². The molecule has 1 saturated heterocycles. The molecule has 6 nitrogen and oxygen atoms in total. The van der Waals surface area contributed by atoms with E-state index < -0.39 is 5.91 Å². The molecular weight excluding hydrogens is 340 g/mol. The standard InChI is InChI=1S/C21H28N4O2/c1-4-24-12-6-9-19(14-24)25-16(3)15(2)22-21(25)18-8-5-7-17(13-18)10-11-20(26)23-27/h5,7-8,10-11,13,19,27H,4,6,9,12,14H2,1-3H3,(H,23,26)/b11-10+. The topological polar surface area (TPSA) is 70.4 Å². The SMILES string of the molecule is CCN1CCCC(n2c(-c3cccc(/C=C/C(=O)NO)c3)nc(C)c2C)C1. The summed E-state index contributed by atoms with van der Waals surface area (Å²) in [4.78, 5) is 18.6. The highest BCUT2D eigenvalue weighted by molar-refractivity contribution is 5.91. The van der Waals surface area contributed by atoms with E-state index in [0.717, 1.165) is 42.2 Å². The van der Waals surface area contributed by atoms with E-state index in [1.54, 1.807) is 11.6 Å². The first kappa shape index (κ1) is 19.3. The predicted octanol–water partition coefficient (Wildman–Crippen LogP) is 3.34. The average Bonchev–Trinajstić information content (AvgIpc) is 3.01. The molecule has 0 saturated carbocycles. The number of benzene rings is 1. The van der Waals surface area contributed by atoms with Crippen molar-refractivity contribution in [1.29, 1.82) is 0 Å². The molecule has 144 valence electrons. The summed E-state index contributed by atoms with van der Waals surface area (Å²) in [6, 6.07) is 8.40. The van der Waals surface area contributed by atoms with Crippen molar-refractivity contribution in [3.05, 3.63) is 47.3 Å². The molecule has 1 aliphatic heterocycles. The molecule has 3 rings (SSSR count). The molecule has 1 aromatic heterocycles. The summed E-state index contributed by atoms with van der Waals surface area (Å²) in [5.41, 5.74) is 5.80. The summed E-state index contributed by atoms with van der Waals surface area (Å²) in [6.07, 6.45) is 5.36. The second-order valence-electron chi connectivity index (χ2n) is 7.10. The number of hydroxylamine groups is 1. The van der Waals surface area contributed by atoms with Crippen molar-refractivity contribution in [3.63, 3.8) is 0 Å². The third-order valence-corrected chi connectivity index (χ3v) is 5.36. The molecule has 2 heterocycles. The van der Waals surface area contributed by atoms with E-state index in [4.69, 9.17) is 10.2 Å². The Labute approximate surface area is 160 Å². The molecule has 2 aromatic rings. The maximum Gasteiger partial charge on any atom is 0.267 e. The molecule has 6 heteroatoms. The van der Waals surface area contributed by atoms with Crippen LogP contribution in [0.15, 0.2) is 30.3 Å². The van der Waals surface area contributed by atoms with Crippen molar-refractivity contribution < 1.29 is 10.0 Å². The average molecular weight is 368 g/mol. The lowest BCUT2D eigenvalue weighted by Crippen LogP contribution is -2.36. The number of aryl methyl sites for hydroxylation is 1. The number of nitrogens with one attached hydrogen (secondary N) is 1. The van der Waals surface area contributed by atoms with Gasteiger partial charge in [0.05, 0.1) is 5.69 Å². The number of piperidine rings is 1. The molecule has 1 aromatic carbocycles. The molecule has 1 amide bonds. The fraction of sp³-hybridized carbons (Fsp3) is 0.429. The number of likely N-dealkylation sites (N-methyl/N-ethyl adjacent to an activating group) is 1. The Kier molecular flexibility index (Phi) is 6.08. The van der Waals surface area contributed by atoms with E-state index in [0.29, 0.717) is 6.04 Å². The number of hydrogen-bond donors (Lipinski definition) is 2. The van der Waals surface area contributed by atoms with Gasteiger partial charge < -0.3 is 9.47 Å². The van der Waals surface area contributed by atoms with E-state index in [9.17, 15) is 4.79 Å². The van der Waals surface area contributed by atoms with Crippen molar-refractivity contribution >= 4 is 12.0 Å². The molecule has 0 radical (unpaired) electrons. The normalized spacial score (nSPS) is 18.1. The maximum atomic E-state index is 11.2. The van der Waals surface area contributed by atoms with Gasteiger partial charge in [0.1, 0.15) is 5.82 Å². The van der Waals surface area contributed by atoms with Crippen LogP contribution in [0.2, 0.25) is 0 Å². The van der Waals surface area contributed by atoms with Crippen molar-refractivity contribution in [2.45, 2.75) is 39.7 Å². The number of carbonyl (C=O) groups is 1. The lowest BCUT2D eigenvalue weighted by Gasteiger charge is -2.34. The Balaban J connectivity index is 1.97. The molecule has 0 spiro atoms. The monoisotopic (exact) mass is 368 g/mol. The van der Waals surface area contributed by atoms with Gasteiger partial charge >= 0.3 is 0 Å². The zero-order valence-corrected chi connectivity index (χ0v) is 16.3. The molecule has 27 heavy (non-hydrogen) atoms. The van der Waals surface area contributed by atoms with E-state index in [1.807, 2.05) is 18.2 Å². The van der Waals surface area contributed by atoms with Gasteiger partial charge in [-0.25, -0.2) is 10.5 Å². The van der Waals surface area contributed by atoms with Crippen molar-refractivity contribution in [1.82, 2.24) is 19.9 Å². The van der Waals surface area contributed by atoms with Gasteiger partial charge in [0, 0.05) is 29.9 Å². The quantitative estimate of drug-likeness (QED) is 0.482. The first-order valence-corrected chi connectivity index (χ1v) is 9.53.